The van der Waals surface area contributed by atoms with Gasteiger partial charge in [-0.1, -0.05) is 50.6 Å². The number of aliphatic hydroxyl groups is 1. The number of carbonyl (C=O) groups is 3. The zero-order valence-electron chi connectivity index (χ0n) is 25.5. The largest absolute Gasteiger partial charge is 0.394 e. The second-order valence-corrected chi connectivity index (χ2v) is 15.0. The van der Waals surface area contributed by atoms with Crippen LogP contribution in [-0.2, 0) is 14.4 Å². The van der Waals surface area contributed by atoms with Crippen LogP contribution in [0, 0.1) is 17.8 Å². The van der Waals surface area contributed by atoms with E-state index in [0.717, 1.165) is 18.5 Å². The lowest BCUT2D eigenvalue weighted by Gasteiger charge is -2.44. The van der Waals surface area contributed by atoms with Crippen molar-refractivity contribution in [3.05, 3.63) is 55.6 Å². The molecule has 0 aromatic heterocycles. The normalized spacial score (nSPS) is 30.1. The van der Waals surface area contributed by atoms with Crippen molar-refractivity contribution >= 4 is 35.2 Å². The Hall–Kier alpha value is -2.58. The first-order chi connectivity index (χ1) is 19.3. The predicted molar refractivity (Wildman–Crippen MR) is 167 cm³/mol. The highest BCUT2D eigenvalue weighted by molar-refractivity contribution is 8.02. The molecule has 0 saturated carbocycles. The number of para-hydroxylation sites is 1. The van der Waals surface area contributed by atoms with E-state index in [1.807, 2.05) is 65.0 Å². The van der Waals surface area contributed by atoms with Crippen LogP contribution in [0.5, 0.6) is 0 Å². The number of nitrogens with zero attached hydrogens (tertiary/aromatic N) is 3. The molecule has 3 aliphatic rings. The van der Waals surface area contributed by atoms with Crippen molar-refractivity contribution in [2.75, 3.05) is 24.6 Å². The molecule has 8 heteroatoms. The first kappa shape index (κ1) is 31.4. The second kappa shape index (κ2) is 11.6. The number of benzene rings is 1. The summed E-state index contributed by atoms with van der Waals surface area (Å²) in [4.78, 5) is 49.2. The standard InChI is InChI=1S/C33H47N3O4S/c1-9-19-34(23-15-13-12-14-16-23)28(38)25-26-29(39)36(24(21-37)22(4)11-3)27(33(26)18-17-32(25,8)41-33)30(40)35(20-10-2)31(5,6)7/h9-10,12-16,22,24-27,37H,1-2,11,17-21H2,3-8H3/t22-,24-,25-,26-,27?,32+,33?/m0/s1. The molecule has 0 radical (unpaired) electrons. The summed E-state index contributed by atoms with van der Waals surface area (Å²) >= 11 is 1.67. The van der Waals surface area contributed by atoms with Crippen LogP contribution in [0.2, 0.25) is 0 Å². The number of amides is 3. The molecule has 1 aromatic rings. The Morgan fingerprint density at radius 2 is 1.78 bits per heavy atom. The monoisotopic (exact) mass is 581 g/mol. The van der Waals surface area contributed by atoms with Crippen molar-refractivity contribution < 1.29 is 19.5 Å². The van der Waals surface area contributed by atoms with Crippen molar-refractivity contribution in [1.82, 2.24) is 9.80 Å². The minimum atomic E-state index is -0.778. The summed E-state index contributed by atoms with van der Waals surface area (Å²) in [6, 6.07) is 8.20. The van der Waals surface area contributed by atoms with Gasteiger partial charge in [0.15, 0.2) is 0 Å². The molecule has 3 heterocycles. The van der Waals surface area contributed by atoms with E-state index in [1.165, 1.54) is 0 Å². The number of aliphatic hydroxyl groups excluding tert-OH is 1. The first-order valence-electron chi connectivity index (χ1n) is 14.9. The smallest absolute Gasteiger partial charge is 0.247 e. The molecule has 1 spiro atoms. The minimum Gasteiger partial charge on any atom is -0.394 e. The summed E-state index contributed by atoms with van der Waals surface area (Å²) in [5.41, 5.74) is 0.254. The Bertz CT molecular complexity index is 1180. The Morgan fingerprint density at radius 1 is 1.15 bits per heavy atom. The number of carbonyl (C=O) groups excluding carboxylic acids is 3. The van der Waals surface area contributed by atoms with Gasteiger partial charge in [0, 0.05) is 29.1 Å². The van der Waals surface area contributed by atoms with Gasteiger partial charge in [0.25, 0.3) is 0 Å². The van der Waals surface area contributed by atoms with Gasteiger partial charge >= 0.3 is 0 Å². The van der Waals surface area contributed by atoms with Crippen LogP contribution >= 0.6 is 11.8 Å². The highest BCUT2D eigenvalue weighted by atomic mass is 32.2. The molecule has 0 aliphatic carbocycles. The Kier molecular flexibility index (Phi) is 8.87. The number of likely N-dealkylation sites (tertiary alicyclic amines) is 1. The van der Waals surface area contributed by atoms with E-state index in [2.05, 4.69) is 20.1 Å². The molecule has 4 rings (SSSR count). The van der Waals surface area contributed by atoms with Crippen LogP contribution in [0.1, 0.15) is 60.8 Å². The molecule has 3 amide bonds. The van der Waals surface area contributed by atoms with Crippen LogP contribution in [-0.4, -0.2) is 79.4 Å². The summed E-state index contributed by atoms with van der Waals surface area (Å²) in [5, 5.41) is 10.6. The summed E-state index contributed by atoms with van der Waals surface area (Å²) in [5.74, 6) is -1.71. The van der Waals surface area contributed by atoms with Crippen molar-refractivity contribution in [3.63, 3.8) is 0 Å². The molecule has 3 saturated heterocycles. The molecular formula is C33H47N3O4S. The van der Waals surface area contributed by atoms with Gasteiger partial charge in [0.1, 0.15) is 6.04 Å². The third-order valence-corrected chi connectivity index (χ3v) is 11.6. The average Bonchev–Trinajstić information content (AvgIpc) is 3.50. The summed E-state index contributed by atoms with van der Waals surface area (Å²) in [7, 11) is 0. The molecule has 1 aromatic carbocycles. The topological polar surface area (TPSA) is 81.2 Å². The molecule has 2 unspecified atom stereocenters. The zero-order chi connectivity index (χ0) is 30.3. The number of rotatable bonds is 11. The Balaban J connectivity index is 1.88. The van der Waals surface area contributed by atoms with Gasteiger partial charge < -0.3 is 19.8 Å². The van der Waals surface area contributed by atoms with Gasteiger partial charge in [-0.25, -0.2) is 0 Å². The van der Waals surface area contributed by atoms with Gasteiger partial charge in [-0.15, -0.1) is 24.9 Å². The molecule has 3 aliphatic heterocycles. The SMILES string of the molecule is C=CCN(C(=O)[C@@H]1[C@H]2C(=O)N([C@@H](CO)[C@@H](C)CC)C(C(=O)N(CC=C)C(C)(C)C)C23CC[C@@]1(C)S3)c1ccccc1. The maximum atomic E-state index is 14.7. The van der Waals surface area contributed by atoms with Crippen LogP contribution in [0.25, 0.3) is 0 Å². The van der Waals surface area contributed by atoms with Gasteiger partial charge in [-0.3, -0.25) is 14.4 Å². The van der Waals surface area contributed by atoms with E-state index in [1.54, 1.807) is 38.6 Å². The molecule has 41 heavy (non-hydrogen) atoms. The second-order valence-electron chi connectivity index (χ2n) is 13.1. The van der Waals surface area contributed by atoms with Gasteiger partial charge in [0.2, 0.25) is 17.7 Å². The number of hydrogen-bond acceptors (Lipinski definition) is 5. The van der Waals surface area contributed by atoms with Gasteiger partial charge in [-0.05, 0) is 58.6 Å². The van der Waals surface area contributed by atoms with Crippen molar-refractivity contribution in [1.29, 1.82) is 0 Å². The Morgan fingerprint density at radius 3 is 2.32 bits per heavy atom. The van der Waals surface area contributed by atoms with Crippen molar-refractivity contribution in [3.8, 4) is 0 Å². The van der Waals surface area contributed by atoms with Crippen LogP contribution in [0.4, 0.5) is 5.69 Å². The lowest BCUT2D eigenvalue weighted by Crippen LogP contribution is -2.61. The van der Waals surface area contributed by atoms with Crippen LogP contribution < -0.4 is 4.90 Å². The lowest BCUT2D eigenvalue weighted by molar-refractivity contribution is -0.149. The van der Waals surface area contributed by atoms with Gasteiger partial charge in [-0.2, -0.15) is 0 Å². The fourth-order valence-corrected chi connectivity index (χ4v) is 9.72. The molecule has 3 fully saturated rings. The molecule has 7 nitrogen and oxygen atoms in total. The molecular weight excluding hydrogens is 534 g/mol. The summed E-state index contributed by atoms with van der Waals surface area (Å²) in [6.07, 6.45) is 5.57. The summed E-state index contributed by atoms with van der Waals surface area (Å²) < 4.78 is -1.25. The third-order valence-electron chi connectivity index (χ3n) is 9.59. The summed E-state index contributed by atoms with van der Waals surface area (Å²) in [6.45, 7) is 20.3. The van der Waals surface area contributed by atoms with E-state index in [4.69, 9.17) is 0 Å². The molecule has 2 bridgehead atoms. The van der Waals surface area contributed by atoms with Crippen LogP contribution in [0.3, 0.4) is 0 Å². The zero-order valence-corrected chi connectivity index (χ0v) is 26.3. The first-order valence-corrected chi connectivity index (χ1v) is 15.7. The van der Waals surface area contributed by atoms with E-state index < -0.39 is 39.0 Å². The predicted octanol–water partition coefficient (Wildman–Crippen LogP) is 4.91. The maximum Gasteiger partial charge on any atom is 0.247 e. The van der Waals surface area contributed by atoms with Gasteiger partial charge in [0.05, 0.1) is 29.2 Å². The highest BCUT2D eigenvalue weighted by Crippen LogP contribution is 2.72. The van der Waals surface area contributed by atoms with E-state index in [-0.39, 0.29) is 30.2 Å². The third kappa shape index (κ3) is 5.05. The van der Waals surface area contributed by atoms with Crippen molar-refractivity contribution in [2.24, 2.45) is 17.8 Å². The van der Waals surface area contributed by atoms with E-state index in [9.17, 15) is 19.5 Å². The molecule has 1 N–H and O–H groups in total. The quantitative estimate of drug-likeness (QED) is 0.376. The van der Waals surface area contributed by atoms with Crippen molar-refractivity contribution in [2.45, 2.75) is 87.9 Å². The fourth-order valence-electron chi connectivity index (χ4n) is 7.39. The van der Waals surface area contributed by atoms with Crippen LogP contribution in [0.15, 0.2) is 55.6 Å². The average molecular weight is 582 g/mol. The van der Waals surface area contributed by atoms with E-state index >= 15 is 0 Å². The maximum absolute atomic E-state index is 14.7. The minimum absolute atomic E-state index is 0.0227. The molecule has 224 valence electrons. The number of anilines is 1. The molecule has 7 atom stereocenters. The highest BCUT2D eigenvalue weighted by Gasteiger charge is 2.78. The number of thioether (sulfide) groups is 1. The lowest BCUT2D eigenvalue weighted by atomic mass is 9.66. The number of hydrogen-bond donors (Lipinski definition) is 1. The van der Waals surface area contributed by atoms with E-state index in [0.29, 0.717) is 19.5 Å². The fraction of sp³-hybridized carbons (Fsp3) is 0.606. The Labute approximate surface area is 250 Å². The number of fused-ring (bicyclic) bond motifs is 1.